The van der Waals surface area contributed by atoms with E-state index in [9.17, 15) is 18.0 Å². The van der Waals surface area contributed by atoms with Gasteiger partial charge in [0.2, 0.25) is 0 Å². The van der Waals surface area contributed by atoms with Crippen LogP contribution in [0.5, 0.6) is 0 Å². The average molecular weight is 300 g/mol. The van der Waals surface area contributed by atoms with Crippen LogP contribution < -0.4 is 5.32 Å². The molecule has 1 unspecified atom stereocenters. The van der Waals surface area contributed by atoms with E-state index in [1.54, 1.807) is 0 Å². The fourth-order valence-electron chi connectivity index (χ4n) is 2.52. The minimum atomic E-state index is -1.61. The summed E-state index contributed by atoms with van der Waals surface area (Å²) in [6, 6.07) is 1.77. The standard InChI is InChI=1S/C15H19F3N2O/c1-9(2)20(8-10-4-3-7-19-10)15(21)11-5-6-12(16)14(18)13(11)17/h5-6,9-10,19H,3-4,7-8H2,1-2H3. The molecule has 0 spiro atoms. The Balaban J connectivity index is 2.24. The van der Waals surface area contributed by atoms with Gasteiger partial charge in [-0.1, -0.05) is 0 Å². The quantitative estimate of drug-likeness (QED) is 0.867. The van der Waals surface area contributed by atoms with Crippen LogP contribution in [-0.2, 0) is 0 Å². The maximum atomic E-state index is 13.8. The van der Waals surface area contributed by atoms with E-state index in [2.05, 4.69) is 5.32 Å². The van der Waals surface area contributed by atoms with Crippen LogP contribution >= 0.6 is 0 Å². The fraction of sp³-hybridized carbons (Fsp3) is 0.533. The molecule has 0 saturated carbocycles. The molecule has 0 aliphatic carbocycles. The van der Waals surface area contributed by atoms with Gasteiger partial charge in [-0.2, -0.15) is 0 Å². The summed E-state index contributed by atoms with van der Waals surface area (Å²) in [6.07, 6.45) is 1.97. The lowest BCUT2D eigenvalue weighted by molar-refractivity contribution is 0.0683. The van der Waals surface area contributed by atoms with E-state index in [0.717, 1.165) is 31.5 Å². The normalized spacial score (nSPS) is 18.3. The van der Waals surface area contributed by atoms with Gasteiger partial charge in [0, 0.05) is 18.6 Å². The Hall–Kier alpha value is -1.56. The molecule has 1 aromatic carbocycles. The Morgan fingerprint density at radius 3 is 2.62 bits per heavy atom. The Kier molecular flexibility index (Phi) is 4.88. The van der Waals surface area contributed by atoms with E-state index >= 15 is 0 Å². The number of hydrogen-bond acceptors (Lipinski definition) is 2. The van der Waals surface area contributed by atoms with Gasteiger partial charge in [0.1, 0.15) is 0 Å². The molecule has 2 rings (SSSR count). The summed E-state index contributed by atoms with van der Waals surface area (Å²) in [5, 5.41) is 3.26. The average Bonchev–Trinajstić information content (AvgIpc) is 2.94. The van der Waals surface area contributed by atoms with Gasteiger partial charge in [0.25, 0.3) is 5.91 Å². The molecule has 1 aliphatic heterocycles. The minimum absolute atomic E-state index is 0.157. The molecule has 1 aliphatic rings. The summed E-state index contributed by atoms with van der Waals surface area (Å²) >= 11 is 0. The van der Waals surface area contributed by atoms with E-state index in [-0.39, 0.29) is 12.1 Å². The van der Waals surface area contributed by atoms with Crippen molar-refractivity contribution in [3.05, 3.63) is 35.1 Å². The molecule has 1 aromatic rings. The second-order valence-corrected chi connectivity index (χ2v) is 5.57. The Labute approximate surface area is 122 Å². The molecule has 0 radical (unpaired) electrons. The van der Waals surface area contributed by atoms with Gasteiger partial charge in [0.15, 0.2) is 17.5 Å². The predicted octanol–water partition coefficient (Wildman–Crippen LogP) is 2.71. The van der Waals surface area contributed by atoms with Crippen molar-refractivity contribution in [3.8, 4) is 0 Å². The number of nitrogens with zero attached hydrogens (tertiary/aromatic N) is 1. The Bertz CT molecular complexity index is 528. The third kappa shape index (κ3) is 3.37. The largest absolute Gasteiger partial charge is 0.335 e. The highest BCUT2D eigenvalue weighted by molar-refractivity contribution is 5.94. The number of carbonyl (C=O) groups excluding carboxylic acids is 1. The molecule has 1 fully saturated rings. The minimum Gasteiger partial charge on any atom is -0.335 e. The lowest BCUT2D eigenvalue weighted by Gasteiger charge is -2.29. The molecule has 1 atom stereocenters. The molecule has 1 amide bonds. The molecular formula is C15H19F3N2O. The number of halogens is 3. The maximum Gasteiger partial charge on any atom is 0.257 e. The molecule has 1 heterocycles. The van der Waals surface area contributed by atoms with Crippen molar-refractivity contribution in [3.63, 3.8) is 0 Å². The summed E-state index contributed by atoms with van der Waals surface area (Å²) in [4.78, 5) is 13.9. The molecule has 21 heavy (non-hydrogen) atoms. The smallest absolute Gasteiger partial charge is 0.257 e. The van der Waals surface area contributed by atoms with E-state index in [0.29, 0.717) is 6.54 Å². The second-order valence-electron chi connectivity index (χ2n) is 5.57. The van der Waals surface area contributed by atoms with Crippen LogP contribution in [0.1, 0.15) is 37.0 Å². The number of nitrogens with one attached hydrogen (secondary N) is 1. The van der Waals surface area contributed by atoms with Crippen molar-refractivity contribution in [1.82, 2.24) is 10.2 Å². The lowest BCUT2D eigenvalue weighted by Crippen LogP contribution is -2.45. The van der Waals surface area contributed by atoms with Crippen molar-refractivity contribution in [2.24, 2.45) is 0 Å². The number of benzene rings is 1. The first-order valence-corrected chi connectivity index (χ1v) is 7.09. The van der Waals surface area contributed by atoms with Crippen LogP contribution in [0.3, 0.4) is 0 Å². The van der Waals surface area contributed by atoms with Crippen LogP contribution in [0, 0.1) is 17.5 Å². The van der Waals surface area contributed by atoms with Crippen LogP contribution in [0.15, 0.2) is 12.1 Å². The van der Waals surface area contributed by atoms with E-state index < -0.39 is 28.9 Å². The molecule has 1 N–H and O–H groups in total. The monoisotopic (exact) mass is 300 g/mol. The highest BCUT2D eigenvalue weighted by Gasteiger charge is 2.27. The number of amides is 1. The summed E-state index contributed by atoms with van der Waals surface area (Å²) in [5.41, 5.74) is -0.430. The highest BCUT2D eigenvalue weighted by atomic mass is 19.2. The SMILES string of the molecule is CC(C)N(CC1CCCN1)C(=O)c1ccc(F)c(F)c1F. The van der Waals surface area contributed by atoms with Crippen LogP contribution in [0.4, 0.5) is 13.2 Å². The molecule has 0 aromatic heterocycles. The molecule has 1 saturated heterocycles. The Morgan fingerprint density at radius 2 is 2.05 bits per heavy atom. The maximum absolute atomic E-state index is 13.8. The van der Waals surface area contributed by atoms with Gasteiger partial charge in [-0.05, 0) is 45.4 Å². The zero-order chi connectivity index (χ0) is 15.6. The predicted molar refractivity (Wildman–Crippen MR) is 73.5 cm³/mol. The van der Waals surface area contributed by atoms with E-state index in [1.807, 2.05) is 13.8 Å². The van der Waals surface area contributed by atoms with Gasteiger partial charge in [-0.15, -0.1) is 0 Å². The zero-order valence-corrected chi connectivity index (χ0v) is 12.1. The van der Waals surface area contributed by atoms with Crippen molar-refractivity contribution >= 4 is 5.91 Å². The third-order valence-corrected chi connectivity index (χ3v) is 3.73. The van der Waals surface area contributed by atoms with Crippen molar-refractivity contribution in [2.45, 2.75) is 38.8 Å². The molecule has 116 valence electrons. The summed E-state index contributed by atoms with van der Waals surface area (Å²) in [5.74, 6) is -4.94. The van der Waals surface area contributed by atoms with Gasteiger partial charge < -0.3 is 10.2 Å². The lowest BCUT2D eigenvalue weighted by atomic mass is 10.1. The number of hydrogen-bond donors (Lipinski definition) is 1. The number of rotatable bonds is 4. The Morgan fingerprint density at radius 1 is 1.33 bits per heavy atom. The first-order valence-electron chi connectivity index (χ1n) is 7.09. The van der Waals surface area contributed by atoms with Crippen molar-refractivity contribution in [2.75, 3.05) is 13.1 Å². The zero-order valence-electron chi connectivity index (χ0n) is 12.1. The first kappa shape index (κ1) is 15.8. The van der Waals surface area contributed by atoms with Crippen LogP contribution in [0.25, 0.3) is 0 Å². The van der Waals surface area contributed by atoms with Gasteiger partial charge >= 0.3 is 0 Å². The van der Waals surface area contributed by atoms with Gasteiger partial charge in [0.05, 0.1) is 5.56 Å². The molecule has 6 heteroatoms. The second kappa shape index (κ2) is 6.47. The van der Waals surface area contributed by atoms with Crippen molar-refractivity contribution < 1.29 is 18.0 Å². The number of carbonyl (C=O) groups is 1. The summed E-state index contributed by atoms with van der Waals surface area (Å²) in [6.45, 7) is 4.94. The summed E-state index contributed by atoms with van der Waals surface area (Å²) < 4.78 is 40.0. The topological polar surface area (TPSA) is 32.3 Å². The molecule has 0 bridgehead atoms. The summed E-state index contributed by atoms with van der Waals surface area (Å²) in [7, 11) is 0. The molecular weight excluding hydrogens is 281 g/mol. The fourth-order valence-corrected chi connectivity index (χ4v) is 2.52. The van der Waals surface area contributed by atoms with E-state index in [1.165, 1.54) is 4.90 Å². The third-order valence-electron chi connectivity index (χ3n) is 3.73. The van der Waals surface area contributed by atoms with E-state index in [4.69, 9.17) is 0 Å². The van der Waals surface area contributed by atoms with Gasteiger partial charge in [-0.25, -0.2) is 13.2 Å². The van der Waals surface area contributed by atoms with Crippen molar-refractivity contribution in [1.29, 1.82) is 0 Å². The first-order chi connectivity index (χ1) is 9.91. The van der Waals surface area contributed by atoms with Crippen LogP contribution in [0.2, 0.25) is 0 Å². The molecule has 3 nitrogen and oxygen atoms in total. The highest BCUT2D eigenvalue weighted by Crippen LogP contribution is 2.19. The van der Waals surface area contributed by atoms with Gasteiger partial charge in [-0.3, -0.25) is 4.79 Å². The van der Waals surface area contributed by atoms with Crippen LogP contribution in [-0.4, -0.2) is 36.0 Å².